The van der Waals surface area contributed by atoms with Gasteiger partial charge >= 0.3 is 0 Å². The molecular formula is C19H26N2O2. The highest BCUT2D eigenvalue weighted by Crippen LogP contribution is 2.35. The van der Waals surface area contributed by atoms with Gasteiger partial charge < -0.3 is 15.8 Å². The standard InChI is InChI=1S/C19H26N2O2/c1-4-6-7-8-14(11-13(3)5-2)15-9-10-21-17-16(19(20)22)12-23-18(15)17/h5,8,11,15-18,21H,2,4,9-10,12H2,1,3H3,(H2,20,22)/b13-11-,14-8-. The van der Waals surface area contributed by atoms with Crippen LogP contribution in [-0.2, 0) is 9.53 Å². The van der Waals surface area contributed by atoms with Gasteiger partial charge in [-0.05, 0) is 31.5 Å². The van der Waals surface area contributed by atoms with E-state index in [0.717, 1.165) is 30.5 Å². The lowest BCUT2D eigenvalue weighted by Crippen LogP contribution is -2.52. The van der Waals surface area contributed by atoms with Crippen LogP contribution in [0.3, 0.4) is 0 Å². The molecule has 4 nitrogen and oxygen atoms in total. The number of hydrogen-bond donors (Lipinski definition) is 2. The first-order chi connectivity index (χ1) is 11.1. The molecule has 4 heteroatoms. The summed E-state index contributed by atoms with van der Waals surface area (Å²) in [4.78, 5) is 11.6. The number of fused-ring (bicyclic) bond motifs is 1. The minimum Gasteiger partial charge on any atom is -0.375 e. The second-order valence-corrected chi connectivity index (χ2v) is 6.09. The monoisotopic (exact) mass is 314 g/mol. The van der Waals surface area contributed by atoms with Gasteiger partial charge in [0.2, 0.25) is 5.91 Å². The average Bonchev–Trinajstić information content (AvgIpc) is 2.98. The first-order valence-electron chi connectivity index (χ1n) is 8.22. The second-order valence-electron chi connectivity index (χ2n) is 6.09. The third-order valence-corrected chi connectivity index (χ3v) is 4.52. The molecule has 0 saturated carbocycles. The number of rotatable bonds is 4. The van der Waals surface area contributed by atoms with Gasteiger partial charge in [-0.25, -0.2) is 0 Å². The van der Waals surface area contributed by atoms with Crippen molar-refractivity contribution in [2.45, 2.75) is 38.8 Å². The fourth-order valence-corrected chi connectivity index (χ4v) is 3.28. The van der Waals surface area contributed by atoms with Crippen molar-refractivity contribution in [3.8, 4) is 11.8 Å². The summed E-state index contributed by atoms with van der Waals surface area (Å²) < 4.78 is 5.94. The maximum absolute atomic E-state index is 11.6. The molecule has 0 radical (unpaired) electrons. The summed E-state index contributed by atoms with van der Waals surface area (Å²) in [6, 6.07) is -0.00813. The second kappa shape index (κ2) is 8.14. The first kappa shape index (κ1) is 17.5. The molecule has 124 valence electrons. The van der Waals surface area contributed by atoms with E-state index in [4.69, 9.17) is 10.5 Å². The van der Waals surface area contributed by atoms with E-state index in [1.807, 2.05) is 26.0 Å². The lowest BCUT2D eigenvalue weighted by molar-refractivity contribution is -0.122. The Kier molecular flexibility index (Phi) is 6.20. The van der Waals surface area contributed by atoms with E-state index in [1.165, 1.54) is 0 Å². The molecule has 1 amide bonds. The highest BCUT2D eigenvalue weighted by atomic mass is 16.5. The quantitative estimate of drug-likeness (QED) is 0.616. The molecule has 2 rings (SSSR count). The average molecular weight is 314 g/mol. The van der Waals surface area contributed by atoms with Crippen molar-refractivity contribution in [2.75, 3.05) is 13.2 Å². The molecule has 2 fully saturated rings. The Morgan fingerprint density at radius 1 is 1.48 bits per heavy atom. The van der Waals surface area contributed by atoms with Crippen LogP contribution in [0.25, 0.3) is 0 Å². The largest absolute Gasteiger partial charge is 0.375 e. The lowest BCUT2D eigenvalue weighted by atomic mass is 9.80. The number of carbonyl (C=O) groups is 1. The van der Waals surface area contributed by atoms with Gasteiger partial charge in [0, 0.05) is 18.4 Å². The highest BCUT2D eigenvalue weighted by molar-refractivity contribution is 5.78. The van der Waals surface area contributed by atoms with Gasteiger partial charge in [-0.3, -0.25) is 4.79 Å². The summed E-state index contributed by atoms with van der Waals surface area (Å²) in [7, 11) is 0. The molecule has 0 aromatic rings. The van der Waals surface area contributed by atoms with Crippen molar-refractivity contribution in [2.24, 2.45) is 17.6 Å². The highest BCUT2D eigenvalue weighted by Gasteiger charge is 2.46. The van der Waals surface area contributed by atoms with Gasteiger partial charge in [0.05, 0.1) is 18.6 Å². The molecule has 23 heavy (non-hydrogen) atoms. The summed E-state index contributed by atoms with van der Waals surface area (Å²) in [5, 5.41) is 3.40. The topological polar surface area (TPSA) is 64.3 Å². The van der Waals surface area contributed by atoms with Crippen LogP contribution in [0.4, 0.5) is 0 Å². The lowest BCUT2D eigenvalue weighted by Gasteiger charge is -2.35. The number of piperidine rings is 1. The predicted octanol–water partition coefficient (Wildman–Crippen LogP) is 1.94. The Bertz CT molecular complexity index is 580. The summed E-state index contributed by atoms with van der Waals surface area (Å²) >= 11 is 0. The first-order valence-corrected chi connectivity index (χ1v) is 8.22. The molecule has 2 heterocycles. The number of nitrogens with one attached hydrogen (secondary N) is 1. The maximum Gasteiger partial charge on any atom is 0.224 e. The van der Waals surface area contributed by atoms with Crippen molar-refractivity contribution in [1.29, 1.82) is 0 Å². The molecule has 3 N–H and O–H groups in total. The summed E-state index contributed by atoms with van der Waals surface area (Å²) in [5.74, 6) is 5.87. The third-order valence-electron chi connectivity index (χ3n) is 4.52. The molecular weight excluding hydrogens is 288 g/mol. The molecule has 0 bridgehead atoms. The van der Waals surface area contributed by atoms with E-state index in [1.54, 1.807) is 0 Å². The Labute approximate surface area is 138 Å². The zero-order valence-electron chi connectivity index (χ0n) is 14.0. The van der Waals surface area contributed by atoms with Gasteiger partial charge in [-0.1, -0.05) is 43.1 Å². The number of amides is 1. The van der Waals surface area contributed by atoms with E-state index in [2.05, 4.69) is 29.8 Å². The molecule has 2 aliphatic heterocycles. The number of carbonyl (C=O) groups excluding carboxylic acids is 1. The van der Waals surface area contributed by atoms with Crippen molar-refractivity contribution in [3.05, 3.63) is 36.0 Å². The number of allylic oxidation sites excluding steroid dienone is 4. The Hall–Kier alpha value is -1.83. The molecule has 2 aliphatic rings. The molecule has 0 aromatic carbocycles. The summed E-state index contributed by atoms with van der Waals surface area (Å²) in [5.41, 5.74) is 7.74. The van der Waals surface area contributed by atoms with Gasteiger partial charge in [-0.2, -0.15) is 0 Å². The fraction of sp³-hybridized carbons (Fsp3) is 0.526. The van der Waals surface area contributed by atoms with Crippen LogP contribution in [-0.4, -0.2) is 31.2 Å². The van der Waals surface area contributed by atoms with Crippen LogP contribution in [0.5, 0.6) is 0 Å². The van der Waals surface area contributed by atoms with E-state index in [0.29, 0.717) is 6.61 Å². The summed E-state index contributed by atoms with van der Waals surface area (Å²) in [6.07, 6.45) is 7.67. The Balaban J connectivity index is 2.29. The predicted molar refractivity (Wildman–Crippen MR) is 92.4 cm³/mol. The van der Waals surface area contributed by atoms with E-state index >= 15 is 0 Å². The minimum absolute atomic E-state index is 0.00813. The van der Waals surface area contributed by atoms with Crippen molar-refractivity contribution >= 4 is 5.91 Å². The summed E-state index contributed by atoms with van der Waals surface area (Å²) in [6.45, 7) is 9.11. The zero-order valence-corrected chi connectivity index (χ0v) is 14.0. The van der Waals surface area contributed by atoms with Gasteiger partial charge in [0.25, 0.3) is 0 Å². The SMILES string of the molecule is C=C/C(C)=C\C(=C\C#CCC)C1CCNC2C(C(N)=O)COC12. The number of primary amides is 1. The Morgan fingerprint density at radius 2 is 2.26 bits per heavy atom. The van der Waals surface area contributed by atoms with Gasteiger partial charge in [0.1, 0.15) is 0 Å². The smallest absolute Gasteiger partial charge is 0.224 e. The van der Waals surface area contributed by atoms with Crippen LogP contribution in [0, 0.1) is 23.7 Å². The number of nitrogens with two attached hydrogens (primary N) is 1. The van der Waals surface area contributed by atoms with Crippen LogP contribution in [0.2, 0.25) is 0 Å². The van der Waals surface area contributed by atoms with Crippen LogP contribution < -0.4 is 11.1 Å². The van der Waals surface area contributed by atoms with Gasteiger partial charge in [-0.15, -0.1) is 0 Å². The molecule has 4 unspecified atom stereocenters. The normalized spacial score (nSPS) is 31.0. The number of ether oxygens (including phenoxy) is 1. The fourth-order valence-electron chi connectivity index (χ4n) is 3.28. The van der Waals surface area contributed by atoms with Crippen LogP contribution in [0.15, 0.2) is 36.0 Å². The number of hydrogen-bond acceptors (Lipinski definition) is 3. The molecule has 0 aromatic heterocycles. The molecule has 0 spiro atoms. The van der Waals surface area contributed by atoms with Crippen molar-refractivity contribution in [3.63, 3.8) is 0 Å². The third kappa shape index (κ3) is 4.13. The van der Waals surface area contributed by atoms with Crippen LogP contribution >= 0.6 is 0 Å². The maximum atomic E-state index is 11.6. The molecule has 2 saturated heterocycles. The Morgan fingerprint density at radius 3 is 2.91 bits per heavy atom. The molecule has 0 aliphatic carbocycles. The van der Waals surface area contributed by atoms with Crippen molar-refractivity contribution < 1.29 is 9.53 Å². The van der Waals surface area contributed by atoms with Crippen LogP contribution in [0.1, 0.15) is 26.7 Å². The molecule has 4 atom stereocenters. The van der Waals surface area contributed by atoms with E-state index in [9.17, 15) is 4.79 Å². The van der Waals surface area contributed by atoms with Crippen molar-refractivity contribution in [1.82, 2.24) is 5.32 Å². The van der Waals surface area contributed by atoms with E-state index in [-0.39, 0.29) is 29.9 Å². The minimum atomic E-state index is -0.292. The van der Waals surface area contributed by atoms with Gasteiger partial charge in [0.15, 0.2) is 0 Å². The zero-order chi connectivity index (χ0) is 16.8. The van der Waals surface area contributed by atoms with E-state index < -0.39 is 0 Å².